The Morgan fingerprint density at radius 2 is 2.14 bits per heavy atom. The lowest BCUT2D eigenvalue weighted by Gasteiger charge is -2.15. The molecule has 3 N–H and O–H groups in total. The number of hydrogen-bond donors (Lipinski definition) is 2. The van der Waals surface area contributed by atoms with Crippen molar-refractivity contribution in [3.05, 3.63) is 50.7 Å². The lowest BCUT2D eigenvalue weighted by Crippen LogP contribution is -2.12. The second-order valence-corrected chi connectivity index (χ2v) is 8.22. The van der Waals surface area contributed by atoms with Gasteiger partial charge in [-0.3, -0.25) is 4.79 Å². The number of oxazole rings is 1. The standard InChI is InChI=1S/C20H17FIN3O4/c1-9-6-11(22)4-5-13(9)24-16-12(20(27)28-8-10-2-3-10)7-14-17(15(16)21)29-19(25-14)18(23)26/h4-7,10,24H,2-3,8H2,1H3,(H2,23,26). The smallest absolute Gasteiger partial charge is 0.340 e. The fourth-order valence-electron chi connectivity index (χ4n) is 2.87. The van der Waals surface area contributed by atoms with Gasteiger partial charge in [-0.2, -0.15) is 0 Å². The zero-order valence-corrected chi connectivity index (χ0v) is 17.6. The van der Waals surface area contributed by atoms with E-state index in [1.807, 2.05) is 19.1 Å². The highest BCUT2D eigenvalue weighted by Gasteiger charge is 2.27. The fraction of sp³-hybridized carbons (Fsp3) is 0.250. The normalized spacial score (nSPS) is 13.5. The Morgan fingerprint density at radius 1 is 1.38 bits per heavy atom. The first-order valence-corrected chi connectivity index (χ1v) is 10.0. The Balaban J connectivity index is 1.81. The van der Waals surface area contributed by atoms with E-state index in [2.05, 4.69) is 32.9 Å². The van der Waals surface area contributed by atoms with Gasteiger partial charge in [-0.15, -0.1) is 0 Å². The number of nitrogens with two attached hydrogens (primary N) is 1. The number of fused-ring (bicyclic) bond motifs is 1. The zero-order chi connectivity index (χ0) is 20.7. The van der Waals surface area contributed by atoms with E-state index < -0.39 is 23.6 Å². The van der Waals surface area contributed by atoms with E-state index in [-0.39, 0.29) is 29.0 Å². The largest absolute Gasteiger partial charge is 0.462 e. The van der Waals surface area contributed by atoms with Crippen LogP contribution in [0.4, 0.5) is 15.8 Å². The van der Waals surface area contributed by atoms with Crippen LogP contribution in [0.25, 0.3) is 11.1 Å². The van der Waals surface area contributed by atoms with Crippen LogP contribution < -0.4 is 11.1 Å². The number of nitrogens with one attached hydrogen (secondary N) is 1. The number of aryl methyl sites for hydroxylation is 1. The van der Waals surface area contributed by atoms with Gasteiger partial charge in [-0.25, -0.2) is 14.2 Å². The van der Waals surface area contributed by atoms with Gasteiger partial charge in [0.05, 0.1) is 17.9 Å². The van der Waals surface area contributed by atoms with Crippen molar-refractivity contribution in [1.29, 1.82) is 0 Å². The number of anilines is 2. The number of primary amides is 1. The second-order valence-electron chi connectivity index (χ2n) is 6.97. The third-order valence-corrected chi connectivity index (χ3v) is 5.32. The third kappa shape index (κ3) is 4.04. The van der Waals surface area contributed by atoms with Crippen LogP contribution in [-0.4, -0.2) is 23.5 Å². The molecule has 0 spiro atoms. The van der Waals surface area contributed by atoms with Crippen LogP contribution in [-0.2, 0) is 4.74 Å². The molecule has 4 rings (SSSR count). The molecule has 150 valence electrons. The molecule has 3 aromatic rings. The number of carbonyl (C=O) groups is 2. The van der Waals surface area contributed by atoms with Gasteiger partial charge in [0.1, 0.15) is 5.52 Å². The number of nitrogens with zero attached hydrogens (tertiary/aromatic N) is 1. The van der Waals surface area contributed by atoms with Gasteiger partial charge in [-0.1, -0.05) is 0 Å². The average Bonchev–Trinajstić information content (AvgIpc) is 3.40. The topological polar surface area (TPSA) is 107 Å². The van der Waals surface area contributed by atoms with Crippen molar-refractivity contribution < 1.29 is 23.1 Å². The number of hydrogen-bond acceptors (Lipinski definition) is 6. The summed E-state index contributed by atoms with van der Waals surface area (Å²) in [6, 6.07) is 6.91. The van der Waals surface area contributed by atoms with Crippen molar-refractivity contribution in [3.63, 3.8) is 0 Å². The fourth-order valence-corrected chi connectivity index (χ4v) is 3.52. The SMILES string of the molecule is Cc1cc(I)ccc1Nc1c(C(=O)OCC2CC2)cc2nc(C(N)=O)oc2c1F. The predicted molar refractivity (Wildman–Crippen MR) is 113 cm³/mol. The molecule has 1 saturated carbocycles. The molecular formula is C20H17FIN3O4. The average molecular weight is 509 g/mol. The summed E-state index contributed by atoms with van der Waals surface area (Å²) in [5, 5.41) is 2.97. The Kier molecular flexibility index (Phi) is 5.15. The predicted octanol–water partition coefficient (Wildman–Crippen LogP) is 4.29. The van der Waals surface area contributed by atoms with Gasteiger partial charge in [0, 0.05) is 9.26 Å². The van der Waals surface area contributed by atoms with E-state index in [1.165, 1.54) is 6.07 Å². The lowest BCUT2D eigenvalue weighted by atomic mass is 10.1. The maximum atomic E-state index is 15.3. The van der Waals surface area contributed by atoms with Crippen molar-refractivity contribution in [2.75, 3.05) is 11.9 Å². The van der Waals surface area contributed by atoms with Gasteiger partial charge < -0.3 is 20.2 Å². The monoisotopic (exact) mass is 509 g/mol. The molecule has 7 nitrogen and oxygen atoms in total. The van der Waals surface area contributed by atoms with E-state index >= 15 is 4.39 Å². The molecule has 1 aliphatic rings. The number of aromatic nitrogens is 1. The summed E-state index contributed by atoms with van der Waals surface area (Å²) in [5.74, 6) is -2.53. The maximum Gasteiger partial charge on any atom is 0.340 e. The number of benzene rings is 2. The Labute approximate surface area is 178 Å². The molecule has 1 fully saturated rings. The first-order valence-electron chi connectivity index (χ1n) is 8.96. The Hall–Kier alpha value is -2.69. The molecule has 1 amide bonds. The van der Waals surface area contributed by atoms with Crippen LogP contribution in [0.1, 0.15) is 39.4 Å². The molecule has 1 aromatic heterocycles. The summed E-state index contributed by atoms with van der Waals surface area (Å²) >= 11 is 2.18. The van der Waals surface area contributed by atoms with Crippen LogP contribution in [0.3, 0.4) is 0 Å². The molecule has 0 unspecified atom stereocenters. The van der Waals surface area contributed by atoms with E-state index in [0.717, 1.165) is 22.0 Å². The molecule has 0 aliphatic heterocycles. The lowest BCUT2D eigenvalue weighted by molar-refractivity contribution is 0.0487. The molecular weight excluding hydrogens is 492 g/mol. The Morgan fingerprint density at radius 3 is 2.79 bits per heavy atom. The quantitative estimate of drug-likeness (QED) is 0.380. The molecule has 9 heteroatoms. The molecule has 1 aliphatic carbocycles. The number of rotatable bonds is 6. The van der Waals surface area contributed by atoms with Crippen molar-refractivity contribution in [2.45, 2.75) is 19.8 Å². The maximum absolute atomic E-state index is 15.3. The van der Waals surface area contributed by atoms with E-state index in [0.29, 0.717) is 11.6 Å². The highest BCUT2D eigenvalue weighted by molar-refractivity contribution is 14.1. The Bertz CT molecular complexity index is 1140. The number of amides is 1. The zero-order valence-electron chi connectivity index (χ0n) is 15.4. The van der Waals surface area contributed by atoms with E-state index in [1.54, 1.807) is 6.07 Å². The molecule has 0 atom stereocenters. The molecule has 0 bridgehead atoms. The molecule has 29 heavy (non-hydrogen) atoms. The van der Waals surface area contributed by atoms with E-state index in [9.17, 15) is 9.59 Å². The second kappa shape index (κ2) is 7.62. The van der Waals surface area contributed by atoms with Crippen LogP contribution >= 0.6 is 22.6 Å². The number of esters is 1. The summed E-state index contributed by atoms with van der Waals surface area (Å²) in [6.45, 7) is 2.15. The highest BCUT2D eigenvalue weighted by atomic mass is 127. The van der Waals surface area contributed by atoms with Gasteiger partial charge in [0.25, 0.3) is 5.89 Å². The number of halogens is 2. The van der Waals surface area contributed by atoms with E-state index in [4.69, 9.17) is 14.9 Å². The summed E-state index contributed by atoms with van der Waals surface area (Å²) in [4.78, 5) is 27.9. The minimum Gasteiger partial charge on any atom is -0.462 e. The summed E-state index contributed by atoms with van der Waals surface area (Å²) in [6.07, 6.45) is 2.03. The third-order valence-electron chi connectivity index (χ3n) is 4.65. The molecule has 0 saturated heterocycles. The molecule has 2 aromatic carbocycles. The van der Waals surface area contributed by atoms with Crippen LogP contribution in [0.2, 0.25) is 0 Å². The first kappa shape index (κ1) is 19.6. The summed E-state index contributed by atoms with van der Waals surface area (Å²) in [7, 11) is 0. The van der Waals surface area contributed by atoms with Crippen LogP contribution in [0.5, 0.6) is 0 Å². The van der Waals surface area contributed by atoms with Gasteiger partial charge >= 0.3 is 11.9 Å². The summed E-state index contributed by atoms with van der Waals surface area (Å²) in [5.41, 5.74) is 6.29. The van der Waals surface area contributed by atoms with Crippen molar-refractivity contribution in [1.82, 2.24) is 4.98 Å². The van der Waals surface area contributed by atoms with Crippen molar-refractivity contribution in [2.24, 2.45) is 11.7 Å². The molecule has 0 radical (unpaired) electrons. The van der Waals surface area contributed by atoms with Crippen molar-refractivity contribution >= 4 is 56.9 Å². The van der Waals surface area contributed by atoms with Crippen LogP contribution in [0.15, 0.2) is 28.7 Å². The number of carbonyl (C=O) groups excluding carboxylic acids is 2. The minimum absolute atomic E-state index is 0.0135. The minimum atomic E-state index is -0.929. The summed E-state index contributed by atoms with van der Waals surface area (Å²) < 4.78 is 26.9. The highest BCUT2D eigenvalue weighted by Crippen LogP contribution is 2.34. The van der Waals surface area contributed by atoms with Gasteiger partial charge in [-0.05, 0) is 78.1 Å². The van der Waals surface area contributed by atoms with Gasteiger partial charge in [0.15, 0.2) is 11.4 Å². The van der Waals surface area contributed by atoms with Crippen LogP contribution in [0, 0.1) is 22.2 Å². The first-order chi connectivity index (χ1) is 13.8. The van der Waals surface area contributed by atoms with Gasteiger partial charge in [0.2, 0.25) is 0 Å². The number of ether oxygens (including phenoxy) is 1. The molecule has 1 heterocycles. The van der Waals surface area contributed by atoms with Crippen molar-refractivity contribution in [3.8, 4) is 0 Å².